The summed E-state index contributed by atoms with van der Waals surface area (Å²) in [5.41, 5.74) is 8.77. The normalized spacial score (nSPS) is 15.8. The van der Waals surface area contributed by atoms with Gasteiger partial charge in [-0.25, -0.2) is 4.99 Å². The van der Waals surface area contributed by atoms with Gasteiger partial charge in [0.1, 0.15) is 4.90 Å². The molecule has 0 amide bonds. The molecule has 29 heavy (non-hydrogen) atoms. The lowest BCUT2D eigenvalue weighted by Gasteiger charge is -2.11. The molecule has 1 heterocycles. The molecule has 2 N–H and O–H groups in total. The predicted molar refractivity (Wildman–Crippen MR) is 120 cm³/mol. The fraction of sp³-hybridized carbons (Fsp3) is 0.200. The molecule has 0 atom stereocenters. The zero-order valence-corrected chi connectivity index (χ0v) is 18.6. The lowest BCUT2D eigenvalue weighted by Crippen LogP contribution is -2.34. The van der Waals surface area contributed by atoms with E-state index in [2.05, 4.69) is 20.2 Å². The van der Waals surface area contributed by atoms with Gasteiger partial charge < -0.3 is 5.43 Å². The van der Waals surface area contributed by atoms with Crippen LogP contribution >= 0.6 is 23.4 Å². The fourth-order valence-corrected chi connectivity index (χ4v) is 5.31. The fourth-order valence-electron chi connectivity index (χ4n) is 2.62. The Kier molecular flexibility index (Phi) is 6.66. The van der Waals surface area contributed by atoms with Crippen molar-refractivity contribution in [1.29, 1.82) is 0 Å². The molecule has 0 aliphatic carbocycles. The second-order valence-corrected chi connectivity index (χ2v) is 9.54. The van der Waals surface area contributed by atoms with Crippen LogP contribution in [0.25, 0.3) is 0 Å². The molecule has 2 aromatic carbocycles. The topological polar surface area (TPSA) is 82.9 Å². The highest BCUT2D eigenvalue weighted by molar-refractivity contribution is 7.99. The Labute approximate surface area is 180 Å². The molecule has 0 fully saturated rings. The molecule has 0 unspecified atom stereocenters. The van der Waals surface area contributed by atoms with Gasteiger partial charge in [-0.1, -0.05) is 41.9 Å². The van der Waals surface area contributed by atoms with Gasteiger partial charge in [-0.3, -0.25) is 5.43 Å². The first-order chi connectivity index (χ1) is 13.7. The minimum Gasteiger partial charge on any atom is -0.303 e. The number of aliphatic imine (C=N–C) groups is 1. The Hall–Kier alpha value is -2.29. The standard InChI is InChI=1S/C20H21ClN4O2S2/c1-13-9-19(18(11-17(13)21)28-12-16-7-5-4-6-8-16)29(26,27)25-20-22-14(2)10-15(3)23-24-20/h4-11,23H,12H2,1-3H3,(H,24,25). The van der Waals surface area contributed by atoms with E-state index in [-0.39, 0.29) is 10.9 Å². The van der Waals surface area contributed by atoms with Crippen molar-refractivity contribution in [2.75, 3.05) is 0 Å². The predicted octanol–water partition coefficient (Wildman–Crippen LogP) is 4.46. The number of benzene rings is 2. The van der Waals surface area contributed by atoms with Gasteiger partial charge in [-0.15, -0.1) is 16.2 Å². The van der Waals surface area contributed by atoms with Gasteiger partial charge in [0.25, 0.3) is 16.0 Å². The van der Waals surface area contributed by atoms with Crippen molar-refractivity contribution in [2.24, 2.45) is 9.39 Å². The van der Waals surface area contributed by atoms with Crippen molar-refractivity contribution in [2.45, 2.75) is 36.3 Å². The summed E-state index contributed by atoms with van der Waals surface area (Å²) in [7, 11) is -4.02. The largest absolute Gasteiger partial charge is 0.303 e. The molecule has 9 heteroatoms. The smallest absolute Gasteiger partial charge is 0.286 e. The monoisotopic (exact) mass is 448 g/mol. The maximum Gasteiger partial charge on any atom is 0.286 e. The highest BCUT2D eigenvalue weighted by atomic mass is 35.5. The van der Waals surface area contributed by atoms with Gasteiger partial charge in [0, 0.05) is 27.1 Å². The van der Waals surface area contributed by atoms with Crippen LogP contribution in [0.1, 0.15) is 25.0 Å². The number of halogens is 1. The first-order valence-corrected chi connectivity index (χ1v) is 11.6. The van der Waals surface area contributed by atoms with E-state index in [0.717, 1.165) is 11.3 Å². The van der Waals surface area contributed by atoms with E-state index in [9.17, 15) is 8.42 Å². The van der Waals surface area contributed by atoms with Crippen LogP contribution in [-0.2, 0) is 15.8 Å². The molecule has 0 saturated carbocycles. The molecule has 1 aliphatic rings. The van der Waals surface area contributed by atoms with Crippen molar-refractivity contribution in [1.82, 2.24) is 10.9 Å². The Morgan fingerprint density at radius 3 is 2.55 bits per heavy atom. The third kappa shape index (κ3) is 5.62. The van der Waals surface area contributed by atoms with Crippen LogP contribution in [0.2, 0.25) is 5.02 Å². The number of hydrogen-bond donors (Lipinski definition) is 2. The van der Waals surface area contributed by atoms with Crippen LogP contribution in [-0.4, -0.2) is 20.1 Å². The molecule has 0 radical (unpaired) electrons. The van der Waals surface area contributed by atoms with Gasteiger partial charge in [0.05, 0.1) is 0 Å². The van der Waals surface area contributed by atoms with Crippen LogP contribution < -0.4 is 10.9 Å². The molecule has 0 aromatic heterocycles. The number of guanidine groups is 1. The summed E-state index contributed by atoms with van der Waals surface area (Å²) < 4.78 is 30.1. The summed E-state index contributed by atoms with van der Waals surface area (Å²) in [4.78, 5) is 4.86. The lowest BCUT2D eigenvalue weighted by molar-refractivity contribution is 0.595. The van der Waals surface area contributed by atoms with Crippen LogP contribution in [0, 0.1) is 6.92 Å². The van der Waals surface area contributed by atoms with E-state index in [1.54, 1.807) is 32.1 Å². The molecular weight excluding hydrogens is 428 g/mol. The van der Waals surface area contributed by atoms with Crippen molar-refractivity contribution >= 4 is 45.1 Å². The Bertz CT molecular complexity index is 1110. The summed E-state index contributed by atoms with van der Waals surface area (Å²) >= 11 is 7.67. The number of rotatable bonds is 5. The summed E-state index contributed by atoms with van der Waals surface area (Å²) in [6.07, 6.45) is 1.79. The lowest BCUT2D eigenvalue weighted by atomic mass is 10.2. The van der Waals surface area contributed by atoms with E-state index >= 15 is 0 Å². The SMILES string of the molecule is CC1=CC(C)=N/C(=N/S(=O)(=O)c2cc(C)c(Cl)cc2SCc2ccccc2)NN1. The first kappa shape index (κ1) is 21.4. The molecule has 0 spiro atoms. The summed E-state index contributed by atoms with van der Waals surface area (Å²) in [6.45, 7) is 5.37. The highest BCUT2D eigenvalue weighted by Crippen LogP contribution is 2.34. The Balaban J connectivity index is 1.97. The van der Waals surface area contributed by atoms with Crippen LogP contribution in [0.4, 0.5) is 0 Å². The van der Waals surface area contributed by atoms with E-state index in [1.165, 1.54) is 11.8 Å². The number of thioether (sulfide) groups is 1. The highest BCUT2D eigenvalue weighted by Gasteiger charge is 2.22. The van der Waals surface area contributed by atoms with Crippen molar-refractivity contribution in [3.8, 4) is 0 Å². The van der Waals surface area contributed by atoms with Crippen molar-refractivity contribution < 1.29 is 8.42 Å². The van der Waals surface area contributed by atoms with E-state index in [1.807, 2.05) is 37.3 Å². The van der Waals surface area contributed by atoms with Crippen LogP contribution in [0.5, 0.6) is 0 Å². The quantitative estimate of drug-likeness (QED) is 0.660. The minimum absolute atomic E-state index is 0.0257. The number of nitrogens with zero attached hydrogens (tertiary/aromatic N) is 2. The molecule has 3 rings (SSSR count). The Morgan fingerprint density at radius 1 is 1.10 bits per heavy atom. The van der Waals surface area contributed by atoms with Gasteiger partial charge in [-0.05, 0) is 50.1 Å². The summed E-state index contributed by atoms with van der Waals surface area (Å²) in [5.74, 6) is 0.585. The number of allylic oxidation sites excluding steroid dienone is 2. The van der Waals surface area contributed by atoms with Gasteiger partial charge >= 0.3 is 0 Å². The molecule has 152 valence electrons. The maximum absolute atomic E-state index is 13.1. The average molecular weight is 449 g/mol. The number of sulfonamides is 1. The Morgan fingerprint density at radius 2 is 1.83 bits per heavy atom. The van der Waals surface area contributed by atoms with Crippen molar-refractivity contribution in [3.05, 3.63) is 70.4 Å². The minimum atomic E-state index is -4.02. The molecule has 0 saturated heterocycles. The molecule has 2 aromatic rings. The maximum atomic E-state index is 13.1. The summed E-state index contributed by atoms with van der Waals surface area (Å²) in [6, 6.07) is 13.0. The van der Waals surface area contributed by atoms with Crippen LogP contribution in [0.15, 0.2) is 73.4 Å². The number of aryl methyl sites for hydroxylation is 1. The van der Waals surface area contributed by atoms with E-state index in [0.29, 0.717) is 26.9 Å². The molecular formula is C20H21ClN4O2S2. The third-order valence-electron chi connectivity index (χ3n) is 4.03. The van der Waals surface area contributed by atoms with E-state index in [4.69, 9.17) is 11.6 Å². The third-order valence-corrected chi connectivity index (χ3v) is 7.00. The molecule has 6 nitrogen and oxygen atoms in total. The number of hydrogen-bond acceptors (Lipinski definition) is 4. The summed E-state index contributed by atoms with van der Waals surface area (Å²) in [5, 5.41) is 0.509. The van der Waals surface area contributed by atoms with Gasteiger partial charge in [0.15, 0.2) is 0 Å². The van der Waals surface area contributed by atoms with Crippen LogP contribution in [0.3, 0.4) is 0 Å². The van der Waals surface area contributed by atoms with Gasteiger partial charge in [0.2, 0.25) is 0 Å². The van der Waals surface area contributed by atoms with Crippen molar-refractivity contribution in [3.63, 3.8) is 0 Å². The van der Waals surface area contributed by atoms with Gasteiger partial charge in [-0.2, -0.15) is 8.42 Å². The second-order valence-electron chi connectivity index (χ2n) is 6.54. The second kappa shape index (κ2) is 9.02. The zero-order chi connectivity index (χ0) is 21.0. The molecule has 1 aliphatic heterocycles. The number of hydrazine groups is 1. The zero-order valence-electron chi connectivity index (χ0n) is 16.2. The average Bonchev–Trinajstić information content (AvgIpc) is 2.82. The van der Waals surface area contributed by atoms with E-state index < -0.39 is 10.0 Å². The number of nitrogens with one attached hydrogen (secondary N) is 2. The molecule has 0 bridgehead atoms. The first-order valence-electron chi connectivity index (χ1n) is 8.82.